The summed E-state index contributed by atoms with van der Waals surface area (Å²) in [7, 11) is 0. The number of benzene rings is 2. The second-order valence-electron chi connectivity index (χ2n) is 4.18. The van der Waals surface area contributed by atoms with E-state index in [2.05, 4.69) is 5.32 Å². The van der Waals surface area contributed by atoms with Crippen LogP contribution in [0.1, 0.15) is 12.5 Å². The molecule has 2 nitrogen and oxygen atoms in total. The lowest BCUT2D eigenvalue weighted by molar-refractivity contribution is 0.340. The van der Waals surface area contributed by atoms with Crippen molar-refractivity contribution in [2.45, 2.75) is 13.5 Å². The van der Waals surface area contributed by atoms with Gasteiger partial charge in [0.1, 0.15) is 11.6 Å². The predicted octanol–water partition coefficient (Wildman–Crippen LogP) is 4.63. The third-order valence-corrected chi connectivity index (χ3v) is 2.98. The SMILES string of the molecule is CCOc1cccc(CNc2c(F)cc(F)cc2Cl)c1. The van der Waals surface area contributed by atoms with Gasteiger partial charge in [0.25, 0.3) is 0 Å². The summed E-state index contributed by atoms with van der Waals surface area (Å²) in [5.74, 6) is -0.662. The van der Waals surface area contributed by atoms with E-state index in [4.69, 9.17) is 16.3 Å². The average Bonchev–Trinajstić information content (AvgIpc) is 2.38. The van der Waals surface area contributed by atoms with Crippen LogP contribution >= 0.6 is 11.6 Å². The highest BCUT2D eigenvalue weighted by Gasteiger charge is 2.09. The first kappa shape index (κ1) is 14.6. The molecule has 1 N–H and O–H groups in total. The molecule has 0 aliphatic rings. The Morgan fingerprint density at radius 2 is 2.00 bits per heavy atom. The van der Waals surface area contributed by atoms with Crippen LogP contribution in [0, 0.1) is 11.6 Å². The number of hydrogen-bond acceptors (Lipinski definition) is 2. The van der Waals surface area contributed by atoms with Crippen molar-refractivity contribution in [2.75, 3.05) is 11.9 Å². The standard InChI is InChI=1S/C15H14ClF2NO/c1-2-20-12-5-3-4-10(6-12)9-19-15-13(16)7-11(17)8-14(15)18/h3-8,19H,2,9H2,1H3. The van der Waals surface area contributed by atoms with E-state index >= 15 is 0 Å². The van der Waals surface area contributed by atoms with E-state index in [0.717, 1.165) is 23.4 Å². The van der Waals surface area contributed by atoms with E-state index in [0.29, 0.717) is 13.2 Å². The Morgan fingerprint density at radius 3 is 2.70 bits per heavy atom. The van der Waals surface area contributed by atoms with Crippen molar-refractivity contribution in [3.05, 3.63) is 58.6 Å². The Bertz CT molecular complexity index is 581. The van der Waals surface area contributed by atoms with Crippen LogP contribution in [0.4, 0.5) is 14.5 Å². The first-order valence-electron chi connectivity index (χ1n) is 6.20. The summed E-state index contributed by atoms with van der Waals surface area (Å²) in [4.78, 5) is 0. The molecular formula is C15H14ClF2NO. The third-order valence-electron chi connectivity index (χ3n) is 2.69. The zero-order chi connectivity index (χ0) is 14.5. The van der Waals surface area contributed by atoms with Gasteiger partial charge in [0, 0.05) is 12.6 Å². The molecule has 0 aliphatic carbocycles. The normalized spacial score (nSPS) is 10.4. The third kappa shape index (κ3) is 3.61. The smallest absolute Gasteiger partial charge is 0.150 e. The summed E-state index contributed by atoms with van der Waals surface area (Å²) in [6.07, 6.45) is 0. The fourth-order valence-electron chi connectivity index (χ4n) is 1.81. The largest absolute Gasteiger partial charge is 0.494 e. The van der Waals surface area contributed by atoms with Gasteiger partial charge in [0.15, 0.2) is 5.82 Å². The maximum atomic E-state index is 13.6. The van der Waals surface area contributed by atoms with E-state index < -0.39 is 11.6 Å². The minimum Gasteiger partial charge on any atom is -0.494 e. The van der Waals surface area contributed by atoms with Gasteiger partial charge in [-0.1, -0.05) is 23.7 Å². The molecule has 0 spiro atoms. The Labute approximate surface area is 121 Å². The van der Waals surface area contributed by atoms with Crippen LogP contribution in [-0.4, -0.2) is 6.61 Å². The van der Waals surface area contributed by atoms with Crippen molar-refractivity contribution < 1.29 is 13.5 Å². The van der Waals surface area contributed by atoms with Gasteiger partial charge in [0.2, 0.25) is 0 Å². The molecule has 20 heavy (non-hydrogen) atoms. The lowest BCUT2D eigenvalue weighted by Gasteiger charge is -2.11. The van der Waals surface area contributed by atoms with Gasteiger partial charge in [-0.05, 0) is 30.7 Å². The molecule has 0 atom stereocenters. The molecule has 0 aromatic heterocycles. The van der Waals surface area contributed by atoms with Gasteiger partial charge in [-0.15, -0.1) is 0 Å². The first-order chi connectivity index (χ1) is 9.60. The molecule has 2 rings (SSSR count). The second kappa shape index (κ2) is 6.57. The number of halogens is 3. The van der Waals surface area contributed by atoms with E-state index in [1.165, 1.54) is 0 Å². The first-order valence-corrected chi connectivity index (χ1v) is 6.58. The van der Waals surface area contributed by atoms with Gasteiger partial charge in [0.05, 0.1) is 17.3 Å². The molecule has 5 heteroatoms. The maximum absolute atomic E-state index is 13.6. The summed E-state index contributed by atoms with van der Waals surface area (Å²) in [5.41, 5.74) is 1.01. The summed E-state index contributed by atoms with van der Waals surface area (Å²) < 4.78 is 31.9. The Morgan fingerprint density at radius 1 is 1.20 bits per heavy atom. The zero-order valence-corrected chi connectivity index (χ0v) is 11.7. The molecule has 0 aliphatic heterocycles. The van der Waals surface area contributed by atoms with Crippen molar-refractivity contribution in [2.24, 2.45) is 0 Å². The molecule has 0 saturated carbocycles. The maximum Gasteiger partial charge on any atom is 0.150 e. The van der Waals surface area contributed by atoms with Crippen molar-refractivity contribution in [1.29, 1.82) is 0 Å². The van der Waals surface area contributed by atoms with Gasteiger partial charge in [-0.25, -0.2) is 8.78 Å². The van der Waals surface area contributed by atoms with Gasteiger partial charge >= 0.3 is 0 Å². The molecule has 106 valence electrons. The molecule has 0 radical (unpaired) electrons. The minimum absolute atomic E-state index is 0.0171. The van der Waals surface area contributed by atoms with Crippen LogP contribution in [0.2, 0.25) is 5.02 Å². The molecule has 0 bridgehead atoms. The number of hydrogen-bond donors (Lipinski definition) is 1. The molecule has 2 aromatic carbocycles. The van der Waals surface area contributed by atoms with Gasteiger partial charge < -0.3 is 10.1 Å². The van der Waals surface area contributed by atoms with E-state index in [9.17, 15) is 8.78 Å². The molecule has 0 unspecified atom stereocenters. The van der Waals surface area contributed by atoms with Crippen molar-refractivity contribution in [3.8, 4) is 5.75 Å². The molecule has 0 heterocycles. The van der Waals surface area contributed by atoms with E-state index in [1.807, 2.05) is 31.2 Å². The van der Waals surface area contributed by atoms with Crippen molar-refractivity contribution in [3.63, 3.8) is 0 Å². The second-order valence-corrected chi connectivity index (χ2v) is 4.59. The highest BCUT2D eigenvalue weighted by Crippen LogP contribution is 2.27. The van der Waals surface area contributed by atoms with Crippen LogP contribution < -0.4 is 10.1 Å². The lowest BCUT2D eigenvalue weighted by Crippen LogP contribution is -2.03. The summed E-state index contributed by atoms with van der Waals surface area (Å²) in [6.45, 7) is 2.84. The van der Waals surface area contributed by atoms with Crippen LogP contribution in [0.25, 0.3) is 0 Å². The molecule has 0 fully saturated rings. The molecular weight excluding hydrogens is 284 g/mol. The Kier molecular flexibility index (Phi) is 4.79. The quantitative estimate of drug-likeness (QED) is 0.869. The summed E-state index contributed by atoms with van der Waals surface area (Å²) in [6, 6.07) is 9.30. The molecule has 0 amide bonds. The number of rotatable bonds is 5. The molecule has 2 aromatic rings. The fraction of sp³-hybridized carbons (Fsp3) is 0.200. The summed E-state index contributed by atoms with van der Waals surface area (Å²) in [5, 5.41) is 2.88. The van der Waals surface area contributed by atoms with E-state index in [-0.39, 0.29) is 10.7 Å². The minimum atomic E-state index is -0.712. The fourth-order valence-corrected chi connectivity index (χ4v) is 2.07. The van der Waals surface area contributed by atoms with Crippen LogP contribution in [0.5, 0.6) is 5.75 Å². The number of nitrogens with one attached hydrogen (secondary N) is 1. The highest BCUT2D eigenvalue weighted by atomic mass is 35.5. The van der Waals surface area contributed by atoms with Crippen LogP contribution in [-0.2, 0) is 6.54 Å². The van der Waals surface area contributed by atoms with Crippen molar-refractivity contribution >= 4 is 17.3 Å². The zero-order valence-electron chi connectivity index (χ0n) is 10.9. The average molecular weight is 298 g/mol. The predicted molar refractivity (Wildman–Crippen MR) is 76.3 cm³/mol. The highest BCUT2D eigenvalue weighted by molar-refractivity contribution is 6.33. The van der Waals surface area contributed by atoms with Gasteiger partial charge in [-0.2, -0.15) is 0 Å². The molecule has 0 saturated heterocycles. The van der Waals surface area contributed by atoms with Gasteiger partial charge in [-0.3, -0.25) is 0 Å². The topological polar surface area (TPSA) is 21.3 Å². The van der Waals surface area contributed by atoms with Crippen LogP contribution in [0.3, 0.4) is 0 Å². The Balaban J connectivity index is 2.11. The lowest BCUT2D eigenvalue weighted by atomic mass is 10.2. The number of anilines is 1. The number of ether oxygens (including phenoxy) is 1. The van der Waals surface area contributed by atoms with Crippen LogP contribution in [0.15, 0.2) is 36.4 Å². The van der Waals surface area contributed by atoms with Crippen molar-refractivity contribution in [1.82, 2.24) is 0 Å². The van der Waals surface area contributed by atoms with E-state index in [1.54, 1.807) is 0 Å². The summed E-state index contributed by atoms with van der Waals surface area (Å²) >= 11 is 5.81. The monoisotopic (exact) mass is 297 g/mol. The Hall–Kier alpha value is -1.81.